The van der Waals surface area contributed by atoms with Crippen molar-refractivity contribution in [3.05, 3.63) is 247 Å². The maximum atomic E-state index is 5.02. The molecule has 9 aromatic carbocycles. The average Bonchev–Trinajstić information content (AvgIpc) is 3.72. The molecule has 2 aromatic heterocycles. The molecule has 1 spiro atoms. The zero-order valence-corrected chi connectivity index (χ0v) is 35.3. The Labute approximate surface area is 375 Å². The lowest BCUT2D eigenvalue weighted by atomic mass is 9.62. The highest BCUT2D eigenvalue weighted by molar-refractivity contribution is 7.99. The Morgan fingerprint density at radius 1 is 0.359 bits per heavy atom. The summed E-state index contributed by atoms with van der Waals surface area (Å²) in [6, 6.07) is 80.4. The van der Waals surface area contributed by atoms with Crippen LogP contribution in [0, 0.1) is 0 Å². The molecule has 0 atom stereocenters. The number of fused-ring (bicyclic) bond motifs is 12. The fraction of sp³-hybridized carbons (Fsp3) is 0.0172. The summed E-state index contributed by atoms with van der Waals surface area (Å²) in [4.78, 5) is 19.9. The molecular weight excluding hydrogens is 799 g/mol. The van der Waals surface area contributed by atoms with Gasteiger partial charge in [-0.05, 0) is 89.0 Å². The molecule has 0 bridgehead atoms. The minimum absolute atomic E-state index is 0.573. The van der Waals surface area contributed by atoms with Gasteiger partial charge < -0.3 is 9.47 Å². The van der Waals surface area contributed by atoms with Crippen LogP contribution in [0.25, 0.3) is 61.7 Å². The summed E-state index contributed by atoms with van der Waals surface area (Å²) in [5, 5.41) is 2.48. The molecule has 5 nitrogen and oxygen atoms in total. The normalized spacial score (nSPS) is 13.3. The Morgan fingerprint density at radius 2 is 0.859 bits per heavy atom. The lowest BCUT2D eigenvalue weighted by Crippen LogP contribution is -2.39. The number of hydrogen-bond donors (Lipinski definition) is 0. The molecule has 2 aliphatic heterocycles. The first kappa shape index (κ1) is 36.6. The van der Waals surface area contributed by atoms with Crippen molar-refractivity contribution in [3.63, 3.8) is 0 Å². The van der Waals surface area contributed by atoms with Crippen molar-refractivity contribution in [2.24, 2.45) is 0 Å². The van der Waals surface area contributed by atoms with E-state index in [0.29, 0.717) is 17.5 Å². The van der Waals surface area contributed by atoms with Crippen molar-refractivity contribution in [2.45, 2.75) is 15.2 Å². The van der Waals surface area contributed by atoms with E-state index in [0.717, 1.165) is 39.1 Å². The quantitative estimate of drug-likeness (QED) is 0.173. The summed E-state index contributed by atoms with van der Waals surface area (Å²) in [6.45, 7) is 0. The number of aromatic nitrogens is 4. The number of hydrogen-bond acceptors (Lipinski definition) is 5. The molecule has 4 heterocycles. The summed E-state index contributed by atoms with van der Waals surface area (Å²) in [6.07, 6.45) is 0. The van der Waals surface area contributed by atoms with Gasteiger partial charge >= 0.3 is 0 Å². The van der Waals surface area contributed by atoms with Gasteiger partial charge in [-0.1, -0.05) is 169 Å². The van der Waals surface area contributed by atoms with Crippen LogP contribution in [0.2, 0.25) is 0 Å². The van der Waals surface area contributed by atoms with Crippen molar-refractivity contribution in [1.29, 1.82) is 0 Å². The number of rotatable bonds is 5. The molecule has 0 aliphatic carbocycles. The molecule has 0 radical (unpaired) electrons. The molecule has 11 aromatic rings. The topological polar surface area (TPSA) is 46.8 Å². The van der Waals surface area contributed by atoms with Gasteiger partial charge in [0.15, 0.2) is 17.5 Å². The molecule has 0 saturated heterocycles. The second-order valence-electron chi connectivity index (χ2n) is 16.3. The molecule has 6 heteroatoms. The van der Waals surface area contributed by atoms with Gasteiger partial charge in [-0.15, -0.1) is 0 Å². The van der Waals surface area contributed by atoms with Crippen LogP contribution in [0.1, 0.15) is 22.3 Å². The molecule has 0 unspecified atom stereocenters. The molecule has 64 heavy (non-hydrogen) atoms. The third-order valence-corrected chi connectivity index (χ3v) is 14.1. The Bertz CT molecular complexity index is 3480. The van der Waals surface area contributed by atoms with Gasteiger partial charge in [0.05, 0.1) is 27.8 Å². The molecule has 0 N–H and O–H groups in total. The van der Waals surface area contributed by atoms with Gasteiger partial charge in [-0.25, -0.2) is 15.0 Å². The maximum Gasteiger partial charge on any atom is 0.164 e. The van der Waals surface area contributed by atoms with Crippen LogP contribution in [-0.4, -0.2) is 19.5 Å². The highest BCUT2D eigenvalue weighted by atomic mass is 32.2. The van der Waals surface area contributed by atoms with Crippen molar-refractivity contribution in [2.75, 3.05) is 4.90 Å². The van der Waals surface area contributed by atoms with E-state index in [1.807, 2.05) is 72.4 Å². The molecule has 300 valence electrons. The van der Waals surface area contributed by atoms with Gasteiger partial charge in [-0.2, -0.15) is 0 Å². The summed E-state index contributed by atoms with van der Waals surface area (Å²) < 4.78 is 2.42. The first-order valence-corrected chi connectivity index (χ1v) is 22.4. The number of nitrogens with zero attached hydrogens (tertiary/aromatic N) is 5. The van der Waals surface area contributed by atoms with E-state index in [1.54, 1.807) is 0 Å². The highest BCUT2D eigenvalue weighted by Crippen LogP contribution is 2.64. The number of benzene rings is 9. The van der Waals surface area contributed by atoms with Crippen LogP contribution in [-0.2, 0) is 5.41 Å². The van der Waals surface area contributed by atoms with Crippen molar-refractivity contribution >= 4 is 50.6 Å². The highest BCUT2D eigenvalue weighted by Gasteiger charge is 2.50. The van der Waals surface area contributed by atoms with Crippen LogP contribution < -0.4 is 4.90 Å². The molecule has 0 saturated carbocycles. The summed E-state index contributed by atoms with van der Waals surface area (Å²) in [5.74, 6) is 1.93. The molecule has 2 aliphatic rings. The molecule has 0 fully saturated rings. The van der Waals surface area contributed by atoms with E-state index < -0.39 is 5.41 Å². The Balaban J connectivity index is 1.02. The monoisotopic (exact) mass is 835 g/mol. The standard InChI is InChI=1S/C58H37N5S/c1-4-18-38(19-5-1)55-59-56(39-20-6-2-7-21-39)61-57(60-55)40-32-34-42(35-33-40)62-48-28-14-10-24-43(48)53-51(62)37-36-47-54(53)64-52-31-17-13-27-46(52)58(47)44-25-11-15-29-49(44)63(41-22-8-3-9-23-41)50-30-16-12-26-45(50)58/h1-37H. The smallest absolute Gasteiger partial charge is 0.164 e. The van der Waals surface area contributed by atoms with E-state index >= 15 is 0 Å². The van der Waals surface area contributed by atoms with Crippen molar-refractivity contribution in [1.82, 2.24) is 19.5 Å². The zero-order chi connectivity index (χ0) is 42.2. The van der Waals surface area contributed by atoms with Gasteiger partial charge in [-0.3, -0.25) is 0 Å². The van der Waals surface area contributed by atoms with E-state index in [4.69, 9.17) is 15.0 Å². The minimum Gasteiger partial charge on any atom is -0.310 e. The SMILES string of the molecule is c1ccc(-c2nc(-c3ccccc3)nc(-c3ccc(-n4c5ccccc5c5c6c(ccc54)C4(c5ccccc5S6)c5ccccc5N(c5ccccc5)c5ccccc54)cc3)n2)cc1. The predicted octanol–water partition coefficient (Wildman–Crippen LogP) is 14.6. The average molecular weight is 836 g/mol. The van der Waals surface area contributed by atoms with Crippen LogP contribution in [0.3, 0.4) is 0 Å². The van der Waals surface area contributed by atoms with E-state index in [9.17, 15) is 0 Å². The first-order valence-electron chi connectivity index (χ1n) is 21.6. The van der Waals surface area contributed by atoms with Crippen molar-refractivity contribution in [3.8, 4) is 39.9 Å². The van der Waals surface area contributed by atoms with Gasteiger partial charge in [0, 0.05) is 48.6 Å². The third-order valence-electron chi connectivity index (χ3n) is 12.9. The lowest BCUT2D eigenvalue weighted by molar-refractivity contribution is 0.695. The Hall–Kier alpha value is -8.06. The van der Waals surface area contributed by atoms with E-state index in [2.05, 4.69) is 173 Å². The van der Waals surface area contributed by atoms with Gasteiger partial charge in [0.2, 0.25) is 0 Å². The van der Waals surface area contributed by atoms with Crippen LogP contribution in [0.4, 0.5) is 17.1 Å². The second kappa shape index (κ2) is 14.5. The molecule has 13 rings (SSSR count). The molecular formula is C58H37N5S. The van der Waals surface area contributed by atoms with E-state index in [1.165, 1.54) is 54.2 Å². The van der Waals surface area contributed by atoms with Crippen molar-refractivity contribution < 1.29 is 0 Å². The Morgan fingerprint density at radius 3 is 1.48 bits per heavy atom. The summed E-state index contributed by atoms with van der Waals surface area (Å²) in [7, 11) is 0. The number of para-hydroxylation sites is 4. The molecule has 0 amide bonds. The largest absolute Gasteiger partial charge is 0.310 e. The summed E-state index contributed by atoms with van der Waals surface area (Å²) >= 11 is 1.90. The van der Waals surface area contributed by atoms with Crippen LogP contribution >= 0.6 is 11.8 Å². The third kappa shape index (κ3) is 5.42. The van der Waals surface area contributed by atoms with Gasteiger partial charge in [0.25, 0.3) is 0 Å². The maximum absolute atomic E-state index is 5.02. The Kier molecular flexibility index (Phi) is 8.30. The zero-order valence-electron chi connectivity index (χ0n) is 34.5. The predicted molar refractivity (Wildman–Crippen MR) is 261 cm³/mol. The fourth-order valence-electron chi connectivity index (χ4n) is 10.2. The van der Waals surface area contributed by atoms with E-state index in [-0.39, 0.29) is 0 Å². The van der Waals surface area contributed by atoms with Crippen LogP contribution in [0.5, 0.6) is 0 Å². The fourth-order valence-corrected chi connectivity index (χ4v) is 11.6. The minimum atomic E-state index is -0.573. The second-order valence-corrected chi connectivity index (χ2v) is 17.4. The summed E-state index contributed by atoms with van der Waals surface area (Å²) in [5.41, 5.74) is 14.3. The first-order chi connectivity index (χ1) is 31.8. The van der Waals surface area contributed by atoms with Crippen LogP contribution in [0.15, 0.2) is 234 Å². The lowest BCUT2D eigenvalue weighted by Gasteiger charge is -2.49. The number of anilines is 3. The van der Waals surface area contributed by atoms with Gasteiger partial charge in [0.1, 0.15) is 0 Å².